The van der Waals surface area contributed by atoms with Crippen molar-refractivity contribution in [3.05, 3.63) is 27.8 Å². The zero-order chi connectivity index (χ0) is 13.9. The fourth-order valence-corrected chi connectivity index (χ4v) is 4.04. The van der Waals surface area contributed by atoms with Crippen molar-refractivity contribution in [2.45, 2.75) is 57.4 Å². The molecule has 1 atom stereocenters. The minimum Gasteiger partial charge on any atom is -0.495 e. The Morgan fingerprint density at radius 2 is 2.10 bits per heavy atom. The molecule has 3 heteroatoms. The minimum absolute atomic E-state index is 0.585. The molecule has 0 aromatic heterocycles. The van der Waals surface area contributed by atoms with Gasteiger partial charge >= 0.3 is 0 Å². The Balaban J connectivity index is 1.95. The van der Waals surface area contributed by atoms with Gasteiger partial charge < -0.3 is 10.1 Å². The molecular weight excluding hydrogens is 270 g/mol. The van der Waals surface area contributed by atoms with Gasteiger partial charge in [-0.3, -0.25) is 0 Å². The summed E-state index contributed by atoms with van der Waals surface area (Å²) in [6.07, 6.45) is 9.91. The number of halogens is 1. The van der Waals surface area contributed by atoms with Crippen LogP contribution in [0.1, 0.15) is 48.8 Å². The van der Waals surface area contributed by atoms with Crippen LogP contribution in [-0.4, -0.2) is 19.7 Å². The third kappa shape index (κ3) is 2.82. The van der Waals surface area contributed by atoms with Gasteiger partial charge in [0, 0.05) is 11.6 Å². The fraction of sp³-hybridized carbons (Fsp3) is 0.647. The molecule has 1 aliphatic carbocycles. The first-order chi connectivity index (χ1) is 9.79. The molecule has 1 unspecified atom stereocenters. The first-order valence-corrected chi connectivity index (χ1v) is 8.28. The van der Waals surface area contributed by atoms with Crippen LogP contribution in [0.5, 0.6) is 5.75 Å². The molecule has 110 valence electrons. The molecule has 1 heterocycles. The van der Waals surface area contributed by atoms with Crippen LogP contribution in [0.25, 0.3) is 0 Å². The summed E-state index contributed by atoms with van der Waals surface area (Å²) in [6.45, 7) is 1.15. The van der Waals surface area contributed by atoms with E-state index in [1.807, 2.05) is 0 Å². The third-order valence-electron chi connectivity index (χ3n) is 4.73. The van der Waals surface area contributed by atoms with Gasteiger partial charge in [0.15, 0.2) is 0 Å². The van der Waals surface area contributed by atoms with E-state index in [9.17, 15) is 0 Å². The molecule has 1 saturated heterocycles. The van der Waals surface area contributed by atoms with Crippen LogP contribution in [0.3, 0.4) is 0 Å². The number of fused-ring (bicyclic) bond motifs is 1. The van der Waals surface area contributed by atoms with Crippen LogP contribution in [0.4, 0.5) is 0 Å². The van der Waals surface area contributed by atoms with Crippen LogP contribution >= 0.6 is 11.6 Å². The molecule has 1 aromatic carbocycles. The fourth-order valence-electron chi connectivity index (χ4n) is 3.71. The number of hydrogen-bond acceptors (Lipinski definition) is 2. The standard InChI is InChI=1S/C17H24ClNO/c1-20-17-15(11-13-7-4-5-9-19-13)14-8-3-2-6-12(14)10-16(17)18/h10,13,19H,2-9,11H2,1H3. The number of benzene rings is 1. The smallest absolute Gasteiger partial charge is 0.140 e. The molecule has 0 radical (unpaired) electrons. The zero-order valence-corrected chi connectivity index (χ0v) is 13.1. The zero-order valence-electron chi connectivity index (χ0n) is 12.3. The molecule has 0 bridgehead atoms. The van der Waals surface area contributed by atoms with Gasteiger partial charge in [0.05, 0.1) is 12.1 Å². The predicted octanol–water partition coefficient (Wildman–Crippen LogP) is 3.91. The summed E-state index contributed by atoms with van der Waals surface area (Å²) in [7, 11) is 1.74. The Hall–Kier alpha value is -0.730. The second kappa shape index (κ2) is 6.36. The van der Waals surface area contributed by atoms with Crippen molar-refractivity contribution in [2.75, 3.05) is 13.7 Å². The molecule has 0 saturated carbocycles. The van der Waals surface area contributed by atoms with E-state index in [0.29, 0.717) is 6.04 Å². The van der Waals surface area contributed by atoms with E-state index in [4.69, 9.17) is 16.3 Å². The molecule has 1 aliphatic heterocycles. The summed E-state index contributed by atoms with van der Waals surface area (Å²) in [5.41, 5.74) is 4.34. The lowest BCUT2D eigenvalue weighted by Gasteiger charge is -2.28. The summed E-state index contributed by atoms with van der Waals surface area (Å²) >= 11 is 6.44. The summed E-state index contributed by atoms with van der Waals surface area (Å²) in [4.78, 5) is 0. The van der Waals surface area contributed by atoms with Gasteiger partial charge in [0.25, 0.3) is 0 Å². The summed E-state index contributed by atoms with van der Waals surface area (Å²) < 4.78 is 5.62. The number of rotatable bonds is 3. The number of hydrogen-bond donors (Lipinski definition) is 1. The average Bonchev–Trinajstić information content (AvgIpc) is 2.48. The highest BCUT2D eigenvalue weighted by Gasteiger charge is 2.23. The first-order valence-electron chi connectivity index (χ1n) is 7.90. The lowest BCUT2D eigenvalue weighted by atomic mass is 9.84. The van der Waals surface area contributed by atoms with Gasteiger partial charge in [-0.05, 0) is 68.7 Å². The van der Waals surface area contributed by atoms with Crippen LogP contribution in [-0.2, 0) is 19.3 Å². The molecule has 2 nitrogen and oxygen atoms in total. The molecule has 1 N–H and O–H groups in total. The van der Waals surface area contributed by atoms with Crippen molar-refractivity contribution in [3.8, 4) is 5.75 Å². The van der Waals surface area contributed by atoms with Crippen molar-refractivity contribution in [3.63, 3.8) is 0 Å². The Kier molecular flexibility index (Phi) is 4.52. The van der Waals surface area contributed by atoms with Crippen LogP contribution in [0, 0.1) is 0 Å². The lowest BCUT2D eigenvalue weighted by Crippen LogP contribution is -2.36. The van der Waals surface area contributed by atoms with Crippen molar-refractivity contribution in [1.29, 1.82) is 0 Å². The molecular formula is C17H24ClNO. The van der Waals surface area contributed by atoms with Gasteiger partial charge in [-0.15, -0.1) is 0 Å². The minimum atomic E-state index is 0.585. The average molecular weight is 294 g/mol. The van der Waals surface area contributed by atoms with Crippen LogP contribution in [0.2, 0.25) is 5.02 Å². The number of nitrogens with one attached hydrogen (secondary N) is 1. The first kappa shape index (κ1) is 14.2. The van der Waals surface area contributed by atoms with E-state index in [0.717, 1.165) is 23.7 Å². The maximum atomic E-state index is 6.44. The third-order valence-corrected chi connectivity index (χ3v) is 5.01. The number of piperidine rings is 1. The van der Waals surface area contributed by atoms with Crippen molar-refractivity contribution >= 4 is 11.6 Å². The Bertz CT molecular complexity index is 480. The summed E-state index contributed by atoms with van der Waals surface area (Å²) in [5.74, 6) is 0.916. The lowest BCUT2D eigenvalue weighted by molar-refractivity contribution is 0.379. The van der Waals surface area contributed by atoms with E-state index >= 15 is 0 Å². The number of ether oxygens (including phenoxy) is 1. The van der Waals surface area contributed by atoms with E-state index in [-0.39, 0.29) is 0 Å². The van der Waals surface area contributed by atoms with Crippen molar-refractivity contribution in [1.82, 2.24) is 5.32 Å². The monoisotopic (exact) mass is 293 g/mol. The maximum absolute atomic E-state index is 6.44. The molecule has 1 fully saturated rings. The molecule has 3 rings (SSSR count). The summed E-state index contributed by atoms with van der Waals surface area (Å²) in [5, 5.41) is 4.44. The number of methoxy groups -OCH3 is 1. The highest BCUT2D eigenvalue weighted by molar-refractivity contribution is 6.32. The maximum Gasteiger partial charge on any atom is 0.140 e. The van der Waals surface area contributed by atoms with E-state index in [1.165, 1.54) is 61.6 Å². The van der Waals surface area contributed by atoms with Gasteiger partial charge in [-0.2, -0.15) is 0 Å². The van der Waals surface area contributed by atoms with Gasteiger partial charge in [0.1, 0.15) is 5.75 Å². The second-order valence-corrected chi connectivity index (χ2v) is 6.47. The predicted molar refractivity (Wildman–Crippen MR) is 84.0 cm³/mol. The van der Waals surface area contributed by atoms with Crippen molar-refractivity contribution in [2.24, 2.45) is 0 Å². The Morgan fingerprint density at radius 3 is 2.85 bits per heavy atom. The molecule has 20 heavy (non-hydrogen) atoms. The Morgan fingerprint density at radius 1 is 1.25 bits per heavy atom. The molecule has 0 spiro atoms. The SMILES string of the molecule is COc1c(Cl)cc2c(c1CC1CCCCN1)CCCC2. The normalized spacial score (nSPS) is 22.4. The second-order valence-electron chi connectivity index (χ2n) is 6.07. The van der Waals surface area contributed by atoms with Crippen LogP contribution < -0.4 is 10.1 Å². The topological polar surface area (TPSA) is 21.3 Å². The highest BCUT2D eigenvalue weighted by atomic mass is 35.5. The quantitative estimate of drug-likeness (QED) is 0.912. The van der Waals surface area contributed by atoms with Gasteiger partial charge in [0.2, 0.25) is 0 Å². The van der Waals surface area contributed by atoms with Gasteiger partial charge in [-0.1, -0.05) is 18.0 Å². The van der Waals surface area contributed by atoms with E-state index in [2.05, 4.69) is 11.4 Å². The Labute approximate surface area is 126 Å². The highest BCUT2D eigenvalue weighted by Crippen LogP contribution is 2.38. The van der Waals surface area contributed by atoms with Gasteiger partial charge in [-0.25, -0.2) is 0 Å². The molecule has 2 aliphatic rings. The van der Waals surface area contributed by atoms with E-state index in [1.54, 1.807) is 7.11 Å². The molecule has 0 amide bonds. The van der Waals surface area contributed by atoms with E-state index < -0.39 is 0 Å². The largest absolute Gasteiger partial charge is 0.495 e. The summed E-state index contributed by atoms with van der Waals surface area (Å²) in [6, 6.07) is 2.72. The van der Waals surface area contributed by atoms with Crippen molar-refractivity contribution < 1.29 is 4.74 Å². The van der Waals surface area contributed by atoms with Crippen LogP contribution in [0.15, 0.2) is 6.07 Å². The molecule has 1 aromatic rings. The number of aryl methyl sites for hydroxylation is 1.